The third-order valence-corrected chi connectivity index (χ3v) is 8.14. The summed E-state index contributed by atoms with van der Waals surface area (Å²) in [4.78, 5) is 11.9. The van der Waals surface area contributed by atoms with Crippen molar-refractivity contribution in [2.45, 2.75) is 69.4 Å². The van der Waals surface area contributed by atoms with Crippen LogP contribution in [0.15, 0.2) is 0 Å². The van der Waals surface area contributed by atoms with Gasteiger partial charge in [0.15, 0.2) is 0 Å². The molecule has 6 aliphatic rings. The van der Waals surface area contributed by atoms with E-state index in [4.69, 9.17) is 14.5 Å². The number of rotatable bonds is 3. The molecule has 1 heterocycles. The van der Waals surface area contributed by atoms with Gasteiger partial charge in [0, 0.05) is 31.2 Å². The van der Waals surface area contributed by atoms with Crippen LogP contribution in [0.4, 0.5) is 0 Å². The van der Waals surface area contributed by atoms with Gasteiger partial charge in [-0.15, -0.1) is 0 Å². The van der Waals surface area contributed by atoms with Crippen LogP contribution in [-0.2, 0) is 24.5 Å². The topological polar surface area (TPSA) is 73.9 Å². The van der Waals surface area contributed by atoms with Crippen LogP contribution in [0.3, 0.4) is 0 Å². The van der Waals surface area contributed by atoms with Crippen molar-refractivity contribution in [3.8, 4) is 0 Å². The lowest BCUT2D eigenvalue weighted by Crippen LogP contribution is -2.59. The molecule has 25 heavy (non-hydrogen) atoms. The highest BCUT2D eigenvalue weighted by Gasteiger charge is 2.66. The zero-order valence-electron chi connectivity index (χ0n) is 14.9. The Morgan fingerprint density at radius 1 is 0.960 bits per heavy atom. The predicted octanol–water partition coefficient (Wildman–Crippen LogP) is 2.55. The lowest BCUT2D eigenvalue weighted by Gasteiger charge is -2.57. The Morgan fingerprint density at radius 2 is 1.56 bits per heavy atom. The van der Waals surface area contributed by atoms with Crippen LogP contribution in [0.5, 0.6) is 0 Å². The number of nitrogens with one attached hydrogen (secondary N) is 1. The van der Waals surface area contributed by atoms with E-state index in [0.717, 1.165) is 37.5 Å². The van der Waals surface area contributed by atoms with Gasteiger partial charge in [0.2, 0.25) is 21.6 Å². The van der Waals surface area contributed by atoms with E-state index in [1.165, 1.54) is 38.4 Å². The minimum Gasteiger partial charge on any atom is -0.312 e. The summed E-state index contributed by atoms with van der Waals surface area (Å²) in [5.74, 6) is 1.98. The Morgan fingerprint density at radius 3 is 2.12 bits per heavy atom. The maximum absolute atomic E-state index is 11.3. The van der Waals surface area contributed by atoms with E-state index in [1.54, 1.807) is 0 Å². The van der Waals surface area contributed by atoms with Gasteiger partial charge in [-0.05, 0) is 62.7 Å². The van der Waals surface area contributed by atoms with Crippen LogP contribution in [-0.4, -0.2) is 32.8 Å². The van der Waals surface area contributed by atoms with Gasteiger partial charge >= 0.3 is 0 Å². The van der Waals surface area contributed by atoms with E-state index >= 15 is 0 Å². The third kappa shape index (κ3) is 2.87. The second-order valence-corrected chi connectivity index (χ2v) is 11.1. The van der Waals surface area contributed by atoms with Crippen molar-refractivity contribution in [1.29, 1.82) is 0 Å². The van der Waals surface area contributed by atoms with Crippen molar-refractivity contribution >= 4 is 10.0 Å². The molecule has 2 spiro atoms. The Hall–Kier alpha value is -0.210. The lowest BCUT2D eigenvalue weighted by molar-refractivity contribution is -0.390. The van der Waals surface area contributed by atoms with Crippen molar-refractivity contribution in [1.82, 2.24) is 4.72 Å². The molecule has 5 aliphatic carbocycles. The summed E-state index contributed by atoms with van der Waals surface area (Å²) in [6.07, 6.45) is 10.9. The third-order valence-electron chi connectivity index (χ3n) is 7.45. The van der Waals surface area contributed by atoms with Crippen molar-refractivity contribution in [2.24, 2.45) is 29.6 Å². The predicted molar refractivity (Wildman–Crippen MR) is 90.6 cm³/mol. The minimum absolute atomic E-state index is 0.350. The second-order valence-electron chi connectivity index (χ2n) is 9.27. The largest absolute Gasteiger partial charge is 0.312 e. The molecule has 6 fully saturated rings. The summed E-state index contributed by atoms with van der Waals surface area (Å²) in [5, 5.41) is 0. The van der Waals surface area contributed by atoms with Gasteiger partial charge in [0.1, 0.15) is 0 Å². The van der Waals surface area contributed by atoms with E-state index in [9.17, 15) is 8.42 Å². The molecule has 0 aromatic carbocycles. The van der Waals surface area contributed by atoms with E-state index in [2.05, 4.69) is 4.72 Å². The van der Waals surface area contributed by atoms with E-state index in [-0.39, 0.29) is 0 Å². The van der Waals surface area contributed by atoms with Crippen LogP contribution in [0.25, 0.3) is 0 Å². The summed E-state index contributed by atoms with van der Waals surface area (Å²) in [7, 11) is -3.12. The van der Waals surface area contributed by atoms with E-state index in [0.29, 0.717) is 24.3 Å². The van der Waals surface area contributed by atoms with Gasteiger partial charge in [-0.3, -0.25) is 0 Å². The molecular weight excluding hydrogens is 342 g/mol. The van der Waals surface area contributed by atoms with Gasteiger partial charge in [-0.25, -0.2) is 13.1 Å². The highest BCUT2D eigenvalue weighted by Crippen LogP contribution is 2.63. The van der Waals surface area contributed by atoms with Crippen LogP contribution in [0, 0.1) is 29.6 Å². The molecule has 0 unspecified atom stereocenters. The molecule has 0 amide bonds. The number of hydrogen-bond acceptors (Lipinski definition) is 5. The van der Waals surface area contributed by atoms with E-state index < -0.39 is 21.6 Å². The fourth-order valence-electron chi connectivity index (χ4n) is 6.39. The molecule has 0 aromatic rings. The van der Waals surface area contributed by atoms with Gasteiger partial charge in [-0.1, -0.05) is 0 Å². The van der Waals surface area contributed by atoms with Crippen molar-refractivity contribution < 1.29 is 22.9 Å². The van der Waals surface area contributed by atoms with Crippen molar-refractivity contribution in [2.75, 3.05) is 12.8 Å². The number of hydrogen-bond donors (Lipinski definition) is 1. The van der Waals surface area contributed by atoms with E-state index in [1.807, 2.05) is 0 Å². The highest BCUT2D eigenvalue weighted by molar-refractivity contribution is 7.88. The van der Waals surface area contributed by atoms with Gasteiger partial charge in [0.05, 0.1) is 6.26 Å². The van der Waals surface area contributed by atoms with Crippen LogP contribution < -0.4 is 4.72 Å². The lowest BCUT2D eigenvalue weighted by atomic mass is 9.53. The average molecular weight is 371 g/mol. The zero-order valence-corrected chi connectivity index (χ0v) is 15.7. The Kier molecular flexibility index (Phi) is 3.82. The molecule has 1 N–H and O–H groups in total. The summed E-state index contributed by atoms with van der Waals surface area (Å²) in [6, 6.07) is 0. The van der Waals surface area contributed by atoms with Crippen molar-refractivity contribution in [3.63, 3.8) is 0 Å². The molecule has 4 bridgehead atoms. The molecule has 142 valence electrons. The second kappa shape index (κ2) is 5.64. The van der Waals surface area contributed by atoms with Gasteiger partial charge in [-0.2, -0.15) is 9.78 Å². The first kappa shape index (κ1) is 16.9. The van der Waals surface area contributed by atoms with Crippen LogP contribution in [0.2, 0.25) is 0 Å². The fraction of sp³-hybridized carbons (Fsp3) is 1.00. The number of ether oxygens (including phenoxy) is 1. The molecule has 1 aliphatic heterocycles. The molecule has 5 saturated carbocycles. The normalized spacial score (nSPS) is 51.6. The molecule has 0 aromatic heterocycles. The maximum atomic E-state index is 11.3. The monoisotopic (exact) mass is 371 g/mol. The Bertz CT molecular complexity index is 612. The zero-order chi connectivity index (χ0) is 17.3. The molecular formula is C18H29NO5S. The van der Waals surface area contributed by atoms with Crippen LogP contribution in [0.1, 0.15) is 57.8 Å². The molecule has 6 rings (SSSR count). The molecule has 7 heteroatoms. The number of sulfonamides is 1. The summed E-state index contributed by atoms with van der Waals surface area (Å²) in [5.41, 5.74) is 0. The van der Waals surface area contributed by atoms with Gasteiger partial charge in [0.25, 0.3) is 0 Å². The molecule has 6 nitrogen and oxygen atoms in total. The summed E-state index contributed by atoms with van der Waals surface area (Å²) < 4.78 is 31.9. The molecule has 0 radical (unpaired) electrons. The molecule has 0 atom stereocenters. The standard InChI is InChI=1S/C18H29NO5S/c1-25(20,21)19-11-12-2-4-17(5-3-12)22-18(24-23-17)15-7-13-6-14(9-15)10-16(18)8-13/h12-16,19H,2-11H2,1H3. The quantitative estimate of drug-likeness (QED) is 0.772. The fourth-order valence-corrected chi connectivity index (χ4v) is 6.92. The maximum Gasteiger partial charge on any atom is 0.210 e. The summed E-state index contributed by atoms with van der Waals surface area (Å²) in [6.45, 7) is 0.509. The Labute approximate surface area is 149 Å². The van der Waals surface area contributed by atoms with Crippen molar-refractivity contribution in [3.05, 3.63) is 0 Å². The SMILES string of the molecule is CS(=O)(=O)NCC1CCC2(CC1)OOC1(O2)C2CC3CC(C2)CC1C3. The average Bonchev–Trinajstić information content (AvgIpc) is 2.91. The first-order valence-electron chi connectivity index (χ1n) is 9.87. The minimum atomic E-state index is -3.12. The Balaban J connectivity index is 1.24. The summed E-state index contributed by atoms with van der Waals surface area (Å²) >= 11 is 0. The van der Waals surface area contributed by atoms with Gasteiger partial charge < -0.3 is 4.74 Å². The first-order chi connectivity index (χ1) is 11.9. The first-order valence-corrected chi connectivity index (χ1v) is 11.8. The van der Waals surface area contributed by atoms with Crippen LogP contribution >= 0.6 is 0 Å². The highest BCUT2D eigenvalue weighted by atomic mass is 32.2. The molecule has 1 saturated heterocycles. The smallest absolute Gasteiger partial charge is 0.210 e.